The Kier molecular flexibility index (Phi) is 7.60. The monoisotopic (exact) mass is 423 g/mol. The van der Waals surface area contributed by atoms with Gasteiger partial charge in [0.15, 0.2) is 0 Å². The number of nitrogens with one attached hydrogen (secondary N) is 3. The van der Waals surface area contributed by atoms with Gasteiger partial charge in [-0.05, 0) is 68.1 Å². The zero-order valence-corrected chi connectivity index (χ0v) is 19.3. The Hall–Kier alpha value is -3.15. The highest BCUT2D eigenvalue weighted by atomic mass is 16.2. The van der Waals surface area contributed by atoms with Crippen LogP contribution in [-0.4, -0.2) is 29.8 Å². The molecule has 0 aliphatic heterocycles. The molecule has 0 atom stereocenters. The first-order valence-electron chi connectivity index (χ1n) is 10.5. The van der Waals surface area contributed by atoms with Gasteiger partial charge in [-0.3, -0.25) is 14.4 Å². The molecule has 0 aromatic heterocycles. The molecule has 3 amide bonds. The number of hydrogen-bond donors (Lipinski definition) is 3. The van der Waals surface area contributed by atoms with E-state index in [-0.39, 0.29) is 41.6 Å². The molecule has 0 aliphatic rings. The van der Waals surface area contributed by atoms with E-state index in [0.717, 1.165) is 5.56 Å². The molecule has 6 nitrogen and oxygen atoms in total. The average Bonchev–Trinajstić information content (AvgIpc) is 2.66. The molecule has 3 N–H and O–H groups in total. The number of amides is 3. The van der Waals surface area contributed by atoms with Crippen molar-refractivity contribution in [2.75, 3.05) is 11.9 Å². The molecular weight excluding hydrogens is 390 g/mol. The Morgan fingerprint density at radius 2 is 1.26 bits per heavy atom. The van der Waals surface area contributed by atoms with Gasteiger partial charge in [0.1, 0.15) is 0 Å². The lowest BCUT2D eigenvalue weighted by molar-refractivity contribution is -0.116. The van der Waals surface area contributed by atoms with Crippen LogP contribution in [0.5, 0.6) is 0 Å². The predicted molar refractivity (Wildman–Crippen MR) is 124 cm³/mol. The van der Waals surface area contributed by atoms with E-state index in [9.17, 15) is 14.4 Å². The lowest BCUT2D eigenvalue weighted by Crippen LogP contribution is -2.40. The zero-order valence-electron chi connectivity index (χ0n) is 19.3. The van der Waals surface area contributed by atoms with Crippen LogP contribution in [-0.2, 0) is 10.2 Å². The van der Waals surface area contributed by atoms with Gasteiger partial charge in [0.2, 0.25) is 5.91 Å². The van der Waals surface area contributed by atoms with Crippen LogP contribution in [0.4, 0.5) is 5.69 Å². The van der Waals surface area contributed by atoms with Gasteiger partial charge >= 0.3 is 0 Å². The largest absolute Gasteiger partial charge is 0.352 e. The van der Waals surface area contributed by atoms with E-state index in [0.29, 0.717) is 16.8 Å². The van der Waals surface area contributed by atoms with Crippen LogP contribution in [0, 0.1) is 0 Å². The van der Waals surface area contributed by atoms with Gasteiger partial charge in [-0.25, -0.2) is 0 Å². The number of anilines is 1. The number of carbonyl (C=O) groups excluding carboxylic acids is 3. The Morgan fingerprint density at radius 3 is 1.77 bits per heavy atom. The van der Waals surface area contributed by atoms with Crippen molar-refractivity contribution < 1.29 is 14.4 Å². The molecule has 0 unspecified atom stereocenters. The maximum Gasteiger partial charge on any atom is 0.251 e. The minimum Gasteiger partial charge on any atom is -0.352 e. The van der Waals surface area contributed by atoms with Gasteiger partial charge in [-0.15, -0.1) is 0 Å². The molecule has 0 spiro atoms. The Bertz CT molecular complexity index is 918. The molecule has 2 rings (SSSR count). The van der Waals surface area contributed by atoms with E-state index in [1.165, 1.54) is 0 Å². The maximum atomic E-state index is 12.3. The fourth-order valence-corrected chi connectivity index (χ4v) is 2.85. The van der Waals surface area contributed by atoms with E-state index < -0.39 is 0 Å². The molecule has 6 heteroatoms. The van der Waals surface area contributed by atoms with Gasteiger partial charge in [0, 0.05) is 35.3 Å². The van der Waals surface area contributed by atoms with E-state index in [4.69, 9.17) is 0 Å². The SMILES string of the molecule is CC(C)(C)NC(=O)c1ccc(NC(=O)CCNC(=O)c2ccc(C(C)(C)C)cc2)cc1. The van der Waals surface area contributed by atoms with Crippen molar-refractivity contribution in [3.8, 4) is 0 Å². The smallest absolute Gasteiger partial charge is 0.251 e. The summed E-state index contributed by atoms with van der Waals surface area (Å²) in [6, 6.07) is 14.2. The van der Waals surface area contributed by atoms with Crippen molar-refractivity contribution in [2.24, 2.45) is 0 Å². The van der Waals surface area contributed by atoms with Gasteiger partial charge < -0.3 is 16.0 Å². The molecular formula is C25H33N3O3. The summed E-state index contributed by atoms with van der Waals surface area (Å²) in [6.45, 7) is 12.3. The van der Waals surface area contributed by atoms with E-state index in [1.54, 1.807) is 36.4 Å². The number of benzene rings is 2. The minimum absolute atomic E-state index is 0.0295. The summed E-state index contributed by atoms with van der Waals surface area (Å²) < 4.78 is 0. The average molecular weight is 424 g/mol. The molecule has 2 aromatic carbocycles. The molecule has 0 saturated heterocycles. The Balaban J connectivity index is 1.80. The van der Waals surface area contributed by atoms with Gasteiger partial charge in [0.05, 0.1) is 0 Å². The topological polar surface area (TPSA) is 87.3 Å². The normalized spacial score (nSPS) is 11.5. The van der Waals surface area contributed by atoms with Crippen LogP contribution in [0.15, 0.2) is 48.5 Å². The summed E-state index contributed by atoms with van der Waals surface area (Å²) >= 11 is 0. The van der Waals surface area contributed by atoms with Gasteiger partial charge in [-0.1, -0.05) is 32.9 Å². The summed E-state index contributed by atoms with van der Waals surface area (Å²) in [5, 5.41) is 8.43. The van der Waals surface area contributed by atoms with E-state index >= 15 is 0 Å². The highest BCUT2D eigenvalue weighted by molar-refractivity contribution is 5.97. The van der Waals surface area contributed by atoms with Gasteiger partial charge in [-0.2, -0.15) is 0 Å². The molecule has 0 heterocycles. The van der Waals surface area contributed by atoms with Crippen molar-refractivity contribution in [1.82, 2.24) is 10.6 Å². The van der Waals surface area contributed by atoms with Crippen molar-refractivity contribution in [2.45, 2.75) is 58.9 Å². The Labute approximate surface area is 184 Å². The number of rotatable bonds is 6. The first-order chi connectivity index (χ1) is 14.3. The first kappa shape index (κ1) is 24.1. The fraction of sp³-hybridized carbons (Fsp3) is 0.400. The summed E-state index contributed by atoms with van der Waals surface area (Å²) in [6.07, 6.45) is 0.151. The lowest BCUT2D eigenvalue weighted by atomic mass is 9.87. The van der Waals surface area contributed by atoms with Gasteiger partial charge in [0.25, 0.3) is 11.8 Å². The summed E-state index contributed by atoms with van der Waals surface area (Å²) in [7, 11) is 0. The standard InChI is InChI=1S/C25H33N3O3/c1-24(2,3)19-11-7-17(8-12-19)22(30)26-16-15-21(29)27-20-13-9-18(10-14-20)23(31)28-25(4,5)6/h7-14H,15-16H2,1-6H3,(H,26,30)(H,27,29)(H,28,31). The molecule has 0 aliphatic carbocycles. The molecule has 0 saturated carbocycles. The second kappa shape index (κ2) is 9.77. The summed E-state index contributed by atoms with van der Waals surface area (Å²) in [5.74, 6) is -0.582. The lowest BCUT2D eigenvalue weighted by Gasteiger charge is -2.20. The minimum atomic E-state index is -0.316. The highest BCUT2D eigenvalue weighted by Crippen LogP contribution is 2.22. The Morgan fingerprint density at radius 1 is 0.742 bits per heavy atom. The molecule has 0 bridgehead atoms. The fourth-order valence-electron chi connectivity index (χ4n) is 2.85. The first-order valence-corrected chi connectivity index (χ1v) is 10.5. The van der Waals surface area contributed by atoms with Crippen LogP contribution in [0.1, 0.15) is 74.2 Å². The summed E-state index contributed by atoms with van der Waals surface area (Å²) in [5.41, 5.74) is 2.56. The third-order valence-corrected chi connectivity index (χ3v) is 4.57. The highest BCUT2D eigenvalue weighted by Gasteiger charge is 2.16. The van der Waals surface area contributed by atoms with Crippen molar-refractivity contribution in [1.29, 1.82) is 0 Å². The van der Waals surface area contributed by atoms with E-state index in [2.05, 4.69) is 36.7 Å². The van der Waals surface area contributed by atoms with Crippen molar-refractivity contribution in [3.05, 3.63) is 65.2 Å². The predicted octanol–water partition coefficient (Wildman–Crippen LogP) is 4.27. The number of hydrogen-bond acceptors (Lipinski definition) is 3. The van der Waals surface area contributed by atoms with Crippen LogP contribution in [0.3, 0.4) is 0 Å². The molecule has 166 valence electrons. The zero-order chi connectivity index (χ0) is 23.2. The molecule has 2 aromatic rings. The number of carbonyl (C=O) groups is 3. The van der Waals surface area contributed by atoms with Crippen molar-refractivity contribution in [3.63, 3.8) is 0 Å². The quantitative estimate of drug-likeness (QED) is 0.648. The molecule has 0 radical (unpaired) electrons. The summed E-state index contributed by atoms with van der Waals surface area (Å²) in [4.78, 5) is 36.6. The second-order valence-electron chi connectivity index (χ2n) is 9.66. The second-order valence-corrected chi connectivity index (χ2v) is 9.66. The third-order valence-electron chi connectivity index (χ3n) is 4.57. The molecule has 31 heavy (non-hydrogen) atoms. The third kappa shape index (κ3) is 7.89. The van der Waals surface area contributed by atoms with Crippen molar-refractivity contribution >= 4 is 23.4 Å². The van der Waals surface area contributed by atoms with Crippen LogP contribution >= 0.6 is 0 Å². The van der Waals surface area contributed by atoms with E-state index in [1.807, 2.05) is 32.9 Å². The van der Waals surface area contributed by atoms with Crippen LogP contribution in [0.2, 0.25) is 0 Å². The van der Waals surface area contributed by atoms with Crippen LogP contribution in [0.25, 0.3) is 0 Å². The maximum absolute atomic E-state index is 12.3. The molecule has 0 fully saturated rings. The van der Waals surface area contributed by atoms with Crippen LogP contribution < -0.4 is 16.0 Å².